The van der Waals surface area contributed by atoms with Crippen LogP contribution in [-0.2, 0) is 9.59 Å². The van der Waals surface area contributed by atoms with Crippen LogP contribution in [-0.4, -0.2) is 65.2 Å². The van der Waals surface area contributed by atoms with Crippen LogP contribution in [0.5, 0.6) is 0 Å². The van der Waals surface area contributed by atoms with Crippen molar-refractivity contribution in [1.29, 1.82) is 0 Å². The molecule has 2 heterocycles. The van der Waals surface area contributed by atoms with Crippen LogP contribution in [0, 0.1) is 0 Å². The van der Waals surface area contributed by atoms with Crippen LogP contribution < -0.4 is 0 Å². The zero-order valence-electron chi connectivity index (χ0n) is 20.0. The van der Waals surface area contributed by atoms with Gasteiger partial charge < -0.3 is 20.0 Å². The van der Waals surface area contributed by atoms with Crippen molar-refractivity contribution < 1.29 is 19.8 Å². The van der Waals surface area contributed by atoms with Crippen molar-refractivity contribution in [2.24, 2.45) is 0 Å². The number of aliphatic hydroxyl groups is 2. The highest BCUT2D eigenvalue weighted by Gasteiger charge is 2.65. The second-order valence-corrected chi connectivity index (χ2v) is 11.8. The van der Waals surface area contributed by atoms with Crippen LogP contribution in [0.4, 0.5) is 0 Å². The minimum absolute atomic E-state index is 0.189. The Balaban J connectivity index is 2.55. The third-order valence-corrected chi connectivity index (χ3v) is 6.98. The van der Waals surface area contributed by atoms with E-state index in [2.05, 4.69) is 13.2 Å². The van der Waals surface area contributed by atoms with Crippen LogP contribution in [0.15, 0.2) is 25.3 Å². The standard InChI is InChI=1S/C24H40N2O4/c1-11-17(27)25-19(3,4)13-23(29,14-20(25,5)6)24(30)15-21(7,8)26(18(28)12-2)22(9,10)16-24/h11-12,29-30H,1-2,13-16H2,3-10H3. The predicted octanol–water partition coefficient (Wildman–Crippen LogP) is 3.18. The maximum absolute atomic E-state index is 12.6. The quantitative estimate of drug-likeness (QED) is 0.687. The third kappa shape index (κ3) is 3.73. The highest BCUT2D eigenvalue weighted by atomic mass is 16.4. The van der Waals surface area contributed by atoms with E-state index in [1.807, 2.05) is 55.4 Å². The number of carbonyl (C=O) groups is 2. The van der Waals surface area contributed by atoms with E-state index < -0.39 is 33.4 Å². The maximum Gasteiger partial charge on any atom is 0.246 e. The van der Waals surface area contributed by atoms with E-state index in [1.165, 1.54) is 12.2 Å². The van der Waals surface area contributed by atoms with Gasteiger partial charge in [0.05, 0.1) is 11.2 Å². The van der Waals surface area contributed by atoms with E-state index >= 15 is 0 Å². The van der Waals surface area contributed by atoms with E-state index in [0.717, 1.165) is 0 Å². The molecule has 0 radical (unpaired) electrons. The molecule has 0 atom stereocenters. The molecule has 0 saturated carbocycles. The number of nitrogens with zero attached hydrogens (tertiary/aromatic N) is 2. The second kappa shape index (κ2) is 6.92. The van der Waals surface area contributed by atoms with Gasteiger partial charge in [-0.1, -0.05) is 13.2 Å². The topological polar surface area (TPSA) is 81.1 Å². The fraction of sp³-hybridized carbons (Fsp3) is 0.750. The molecule has 6 nitrogen and oxygen atoms in total. The molecule has 2 amide bonds. The maximum atomic E-state index is 12.6. The lowest BCUT2D eigenvalue weighted by atomic mass is 9.57. The summed E-state index contributed by atoms with van der Waals surface area (Å²) >= 11 is 0. The molecule has 0 aromatic rings. The number of amides is 2. The SMILES string of the molecule is C=CC(=O)N1C(C)(C)CC(O)(C2(O)CC(C)(C)N(C(=O)C=C)C(C)(C)C2)CC1(C)C. The summed E-state index contributed by atoms with van der Waals surface area (Å²) in [7, 11) is 0. The largest absolute Gasteiger partial charge is 0.387 e. The Morgan fingerprint density at radius 1 is 0.633 bits per heavy atom. The molecule has 2 saturated heterocycles. The Hall–Kier alpha value is -1.66. The molecular weight excluding hydrogens is 380 g/mol. The van der Waals surface area contributed by atoms with Gasteiger partial charge in [0, 0.05) is 47.8 Å². The van der Waals surface area contributed by atoms with Crippen LogP contribution in [0.3, 0.4) is 0 Å². The van der Waals surface area contributed by atoms with Gasteiger partial charge in [-0.2, -0.15) is 0 Å². The number of likely N-dealkylation sites (tertiary alicyclic amines) is 2. The molecule has 2 aliphatic heterocycles. The Morgan fingerprint density at radius 2 is 0.833 bits per heavy atom. The van der Waals surface area contributed by atoms with Gasteiger partial charge in [0.25, 0.3) is 0 Å². The van der Waals surface area contributed by atoms with E-state index in [9.17, 15) is 19.8 Å². The normalized spacial score (nSPS) is 27.8. The molecule has 2 aliphatic rings. The van der Waals surface area contributed by atoms with Crippen molar-refractivity contribution in [2.75, 3.05) is 0 Å². The molecule has 30 heavy (non-hydrogen) atoms. The lowest BCUT2D eigenvalue weighted by Crippen LogP contribution is -2.77. The van der Waals surface area contributed by atoms with Gasteiger partial charge in [-0.15, -0.1) is 0 Å². The minimum atomic E-state index is -1.43. The van der Waals surface area contributed by atoms with Crippen molar-refractivity contribution in [3.63, 3.8) is 0 Å². The molecule has 0 bridgehead atoms. The molecule has 0 unspecified atom stereocenters. The summed E-state index contributed by atoms with van der Waals surface area (Å²) in [4.78, 5) is 28.8. The molecule has 6 heteroatoms. The number of carbonyl (C=O) groups excluding carboxylic acids is 2. The molecule has 0 spiro atoms. The fourth-order valence-electron chi connectivity index (χ4n) is 6.98. The van der Waals surface area contributed by atoms with Crippen molar-refractivity contribution in [2.45, 2.75) is 114 Å². The molecule has 0 aromatic carbocycles. The van der Waals surface area contributed by atoms with Crippen molar-refractivity contribution >= 4 is 11.8 Å². The number of piperidine rings is 2. The number of rotatable bonds is 3. The van der Waals surface area contributed by atoms with Gasteiger partial charge in [0.1, 0.15) is 0 Å². The van der Waals surface area contributed by atoms with Crippen LogP contribution >= 0.6 is 0 Å². The lowest BCUT2D eigenvalue weighted by Gasteiger charge is -2.66. The zero-order chi connectivity index (χ0) is 23.6. The summed E-state index contributed by atoms with van der Waals surface area (Å²) in [5.74, 6) is -0.378. The molecular formula is C24H40N2O4. The number of hydrogen-bond acceptors (Lipinski definition) is 4. The molecule has 2 fully saturated rings. The van der Waals surface area contributed by atoms with E-state index in [0.29, 0.717) is 0 Å². The van der Waals surface area contributed by atoms with Gasteiger partial charge in [-0.3, -0.25) is 9.59 Å². The van der Waals surface area contributed by atoms with Crippen molar-refractivity contribution in [3.05, 3.63) is 25.3 Å². The summed E-state index contributed by atoms with van der Waals surface area (Å²) in [6, 6.07) is 0. The second-order valence-electron chi connectivity index (χ2n) is 11.8. The Bertz CT molecular complexity index is 663. The Kier molecular flexibility index (Phi) is 5.68. The molecule has 2 rings (SSSR count). The smallest absolute Gasteiger partial charge is 0.246 e. The van der Waals surface area contributed by atoms with Gasteiger partial charge in [0.2, 0.25) is 11.8 Å². The monoisotopic (exact) mass is 420 g/mol. The van der Waals surface area contributed by atoms with Gasteiger partial charge in [0.15, 0.2) is 0 Å². The van der Waals surface area contributed by atoms with E-state index in [-0.39, 0.29) is 37.5 Å². The number of hydrogen-bond donors (Lipinski definition) is 2. The fourth-order valence-corrected chi connectivity index (χ4v) is 6.98. The van der Waals surface area contributed by atoms with E-state index in [4.69, 9.17) is 0 Å². The van der Waals surface area contributed by atoms with Crippen LogP contribution in [0.25, 0.3) is 0 Å². The first-order valence-corrected chi connectivity index (χ1v) is 10.7. The minimum Gasteiger partial charge on any atom is -0.387 e. The summed E-state index contributed by atoms with van der Waals surface area (Å²) in [5.41, 5.74) is -5.65. The van der Waals surface area contributed by atoms with Crippen molar-refractivity contribution in [1.82, 2.24) is 9.80 Å². The van der Waals surface area contributed by atoms with E-state index in [1.54, 1.807) is 9.80 Å². The first kappa shape index (κ1) is 24.6. The third-order valence-electron chi connectivity index (χ3n) is 6.98. The lowest BCUT2D eigenvalue weighted by molar-refractivity contribution is -0.257. The highest BCUT2D eigenvalue weighted by molar-refractivity contribution is 5.89. The first-order valence-electron chi connectivity index (χ1n) is 10.7. The van der Waals surface area contributed by atoms with Gasteiger partial charge in [-0.05, 0) is 67.5 Å². The van der Waals surface area contributed by atoms with Crippen LogP contribution in [0.2, 0.25) is 0 Å². The Labute approximate surface area is 181 Å². The zero-order valence-corrected chi connectivity index (χ0v) is 20.0. The molecule has 0 aromatic heterocycles. The van der Waals surface area contributed by atoms with Crippen LogP contribution in [0.1, 0.15) is 81.1 Å². The average Bonchev–Trinajstić information content (AvgIpc) is 2.48. The first-order chi connectivity index (χ1) is 13.3. The molecule has 170 valence electrons. The van der Waals surface area contributed by atoms with Crippen molar-refractivity contribution in [3.8, 4) is 0 Å². The molecule has 2 N–H and O–H groups in total. The average molecular weight is 421 g/mol. The summed E-state index contributed by atoms with van der Waals surface area (Å²) < 4.78 is 0. The predicted molar refractivity (Wildman–Crippen MR) is 119 cm³/mol. The highest BCUT2D eigenvalue weighted by Crippen LogP contribution is 2.55. The summed E-state index contributed by atoms with van der Waals surface area (Å²) in [5, 5.41) is 24.0. The summed E-state index contributed by atoms with van der Waals surface area (Å²) in [6.45, 7) is 22.6. The molecule has 0 aliphatic carbocycles. The Morgan fingerprint density at radius 3 is 1.00 bits per heavy atom. The van der Waals surface area contributed by atoms with Gasteiger partial charge in [-0.25, -0.2) is 0 Å². The van der Waals surface area contributed by atoms with Gasteiger partial charge >= 0.3 is 0 Å². The summed E-state index contributed by atoms with van der Waals surface area (Å²) in [6.07, 6.45) is 3.49.